The molecule has 0 amide bonds. The van der Waals surface area contributed by atoms with Gasteiger partial charge in [0.25, 0.3) is 0 Å². The first-order valence-corrected chi connectivity index (χ1v) is 11.3. The molecule has 0 fully saturated rings. The first kappa shape index (κ1) is 24.8. The van der Waals surface area contributed by atoms with Gasteiger partial charge in [0.15, 0.2) is 5.78 Å². The van der Waals surface area contributed by atoms with Gasteiger partial charge in [-0.2, -0.15) is 13.2 Å². The van der Waals surface area contributed by atoms with Crippen molar-refractivity contribution in [3.8, 4) is 5.75 Å². The van der Waals surface area contributed by atoms with Crippen molar-refractivity contribution < 1.29 is 31.5 Å². The minimum Gasteiger partial charge on any atom is -0.495 e. The van der Waals surface area contributed by atoms with Gasteiger partial charge in [-0.05, 0) is 44.2 Å². The average molecular weight is 486 g/mol. The Bertz CT molecular complexity index is 917. The van der Waals surface area contributed by atoms with E-state index < -0.39 is 25.1 Å². The maximum absolute atomic E-state index is 13.6. The molecule has 1 atom stereocenters. The van der Waals surface area contributed by atoms with Crippen molar-refractivity contribution in [1.29, 1.82) is 0 Å². The van der Waals surface area contributed by atoms with E-state index in [2.05, 4.69) is 5.32 Å². The molecule has 2 aromatic rings. The van der Waals surface area contributed by atoms with E-state index in [-0.39, 0.29) is 40.3 Å². The molecule has 30 heavy (non-hydrogen) atoms. The fraction of sp³-hybridized carbons (Fsp3) is 0.368. The van der Waals surface area contributed by atoms with Crippen LogP contribution in [0.5, 0.6) is 5.75 Å². The van der Waals surface area contributed by atoms with Gasteiger partial charge in [-0.1, -0.05) is 29.3 Å². The van der Waals surface area contributed by atoms with Gasteiger partial charge >= 0.3 is 13.8 Å². The summed E-state index contributed by atoms with van der Waals surface area (Å²) in [5.41, 5.74) is -0.602. The standard InChI is InChI=1S/C19H21Cl2F3NO4P/c1-4-28-30(26,29-5-2)18(15-10-13(20)11-16(21)17(15)27-3)25-14-8-6-7-12(9-14)19(22,23)24/h6-11,18,25H,4-5H2,1-3H3/t18-/m1/s1. The van der Waals surface area contributed by atoms with Crippen molar-refractivity contribution in [3.63, 3.8) is 0 Å². The van der Waals surface area contributed by atoms with Crippen molar-refractivity contribution in [3.05, 3.63) is 57.6 Å². The Hall–Kier alpha value is -1.44. The summed E-state index contributed by atoms with van der Waals surface area (Å²) in [7, 11) is -2.59. The monoisotopic (exact) mass is 485 g/mol. The zero-order valence-electron chi connectivity index (χ0n) is 16.4. The third-order valence-electron chi connectivity index (χ3n) is 3.96. The molecule has 0 heterocycles. The fourth-order valence-electron chi connectivity index (χ4n) is 2.82. The molecule has 0 spiro atoms. The lowest BCUT2D eigenvalue weighted by Gasteiger charge is -2.29. The Kier molecular flexibility index (Phi) is 8.48. The zero-order valence-corrected chi connectivity index (χ0v) is 18.8. The summed E-state index contributed by atoms with van der Waals surface area (Å²) >= 11 is 12.3. The number of hydrogen-bond acceptors (Lipinski definition) is 5. The summed E-state index contributed by atoms with van der Waals surface area (Å²) in [5, 5.41) is 3.19. The lowest BCUT2D eigenvalue weighted by atomic mass is 10.1. The van der Waals surface area contributed by atoms with Crippen LogP contribution in [-0.4, -0.2) is 20.3 Å². The van der Waals surface area contributed by atoms with E-state index >= 15 is 0 Å². The normalized spacial score (nSPS) is 13.2. The molecule has 2 aromatic carbocycles. The molecule has 0 saturated heterocycles. The largest absolute Gasteiger partial charge is 0.495 e. The quantitative estimate of drug-likeness (QED) is 0.375. The van der Waals surface area contributed by atoms with Crippen LogP contribution in [0.25, 0.3) is 0 Å². The SMILES string of the molecule is CCOP(=O)(OCC)[C@@H](Nc1cccc(C(F)(F)F)c1)c1cc(Cl)cc(Cl)c1OC. The number of alkyl halides is 3. The van der Waals surface area contributed by atoms with Crippen molar-refractivity contribution in [2.24, 2.45) is 0 Å². The summed E-state index contributed by atoms with van der Waals surface area (Å²) < 4.78 is 69.3. The summed E-state index contributed by atoms with van der Waals surface area (Å²) in [6.07, 6.45) is -4.55. The smallest absolute Gasteiger partial charge is 0.416 e. The Balaban J connectivity index is 2.66. The highest BCUT2D eigenvalue weighted by Gasteiger charge is 2.40. The van der Waals surface area contributed by atoms with Crippen LogP contribution in [-0.2, 0) is 19.8 Å². The minimum atomic E-state index is -4.55. The van der Waals surface area contributed by atoms with Gasteiger partial charge in [-0.25, -0.2) is 0 Å². The van der Waals surface area contributed by atoms with Gasteiger partial charge < -0.3 is 19.1 Å². The Morgan fingerprint density at radius 2 is 1.73 bits per heavy atom. The molecule has 5 nitrogen and oxygen atoms in total. The van der Waals surface area contributed by atoms with Gasteiger partial charge in [0.2, 0.25) is 0 Å². The van der Waals surface area contributed by atoms with Crippen LogP contribution in [0.15, 0.2) is 36.4 Å². The molecule has 0 aliphatic heterocycles. The molecule has 0 saturated carbocycles. The maximum Gasteiger partial charge on any atom is 0.416 e. The fourth-order valence-corrected chi connectivity index (χ4v) is 5.33. The average Bonchev–Trinajstić information content (AvgIpc) is 2.65. The molecule has 1 N–H and O–H groups in total. The Morgan fingerprint density at radius 3 is 2.27 bits per heavy atom. The summed E-state index contributed by atoms with van der Waals surface area (Å²) in [4.78, 5) is 0. The van der Waals surface area contributed by atoms with Gasteiger partial charge in [0.05, 0.1) is 30.9 Å². The zero-order chi connectivity index (χ0) is 22.5. The molecule has 0 aliphatic rings. The molecule has 0 aliphatic carbocycles. The van der Waals surface area contributed by atoms with E-state index in [1.54, 1.807) is 13.8 Å². The highest BCUT2D eigenvalue weighted by Crippen LogP contribution is 2.62. The minimum absolute atomic E-state index is 0.0364. The molecule has 166 valence electrons. The maximum atomic E-state index is 13.6. The van der Waals surface area contributed by atoms with Crippen molar-refractivity contribution in [2.45, 2.75) is 25.8 Å². The van der Waals surface area contributed by atoms with Crippen LogP contribution in [0.1, 0.15) is 30.8 Å². The van der Waals surface area contributed by atoms with Crippen molar-refractivity contribution in [2.75, 3.05) is 25.6 Å². The topological polar surface area (TPSA) is 56.8 Å². The van der Waals surface area contributed by atoms with Crippen molar-refractivity contribution >= 4 is 36.5 Å². The summed E-state index contributed by atoms with van der Waals surface area (Å²) in [6.45, 7) is 3.31. The second-order valence-electron chi connectivity index (χ2n) is 6.01. The number of methoxy groups -OCH3 is 1. The van der Waals surface area contributed by atoms with Crippen LogP contribution in [0.2, 0.25) is 10.0 Å². The van der Waals surface area contributed by atoms with Gasteiger partial charge in [0.1, 0.15) is 5.75 Å². The second kappa shape index (κ2) is 10.2. The van der Waals surface area contributed by atoms with E-state index in [1.165, 1.54) is 31.4 Å². The third-order valence-corrected chi connectivity index (χ3v) is 6.74. The van der Waals surface area contributed by atoms with E-state index in [1.807, 2.05) is 0 Å². The molecule has 0 unspecified atom stereocenters. The summed E-state index contributed by atoms with van der Waals surface area (Å²) in [5.74, 6) is -1.10. The van der Waals surface area contributed by atoms with Crippen LogP contribution in [0, 0.1) is 0 Å². The van der Waals surface area contributed by atoms with Gasteiger partial charge in [-0.3, -0.25) is 4.57 Å². The van der Waals surface area contributed by atoms with Gasteiger partial charge in [-0.15, -0.1) is 0 Å². The highest BCUT2D eigenvalue weighted by atomic mass is 35.5. The molecule has 0 radical (unpaired) electrons. The van der Waals surface area contributed by atoms with E-state index in [0.29, 0.717) is 0 Å². The Labute approximate surface area is 182 Å². The lowest BCUT2D eigenvalue weighted by molar-refractivity contribution is -0.137. The third kappa shape index (κ3) is 5.83. The molecular weight excluding hydrogens is 465 g/mol. The number of rotatable bonds is 9. The molecule has 2 rings (SSSR count). The number of benzene rings is 2. The molecule has 0 aromatic heterocycles. The van der Waals surface area contributed by atoms with Crippen LogP contribution < -0.4 is 10.1 Å². The van der Waals surface area contributed by atoms with Crippen LogP contribution in [0.3, 0.4) is 0 Å². The van der Waals surface area contributed by atoms with Gasteiger partial charge in [0, 0.05) is 16.3 Å². The molecular formula is C19H21Cl2F3NO4P. The predicted molar refractivity (Wildman–Crippen MR) is 112 cm³/mol. The van der Waals surface area contributed by atoms with E-state index in [4.69, 9.17) is 37.0 Å². The predicted octanol–water partition coefficient (Wildman–Crippen LogP) is 7.40. The first-order chi connectivity index (χ1) is 14.1. The first-order valence-electron chi connectivity index (χ1n) is 8.91. The number of nitrogens with one attached hydrogen (secondary N) is 1. The number of hydrogen-bond donors (Lipinski definition) is 1. The molecule has 0 bridgehead atoms. The van der Waals surface area contributed by atoms with Crippen LogP contribution in [0.4, 0.5) is 18.9 Å². The number of halogens is 5. The lowest BCUT2D eigenvalue weighted by Crippen LogP contribution is -2.17. The van der Waals surface area contributed by atoms with Crippen LogP contribution >= 0.6 is 30.8 Å². The molecule has 11 heteroatoms. The number of anilines is 1. The van der Waals surface area contributed by atoms with Crippen molar-refractivity contribution in [1.82, 2.24) is 0 Å². The number of ether oxygens (including phenoxy) is 1. The second-order valence-corrected chi connectivity index (χ2v) is 8.97. The van der Waals surface area contributed by atoms with E-state index in [9.17, 15) is 17.7 Å². The summed E-state index contributed by atoms with van der Waals surface area (Å²) in [6, 6.07) is 7.34. The van der Waals surface area contributed by atoms with E-state index in [0.717, 1.165) is 12.1 Å². The Morgan fingerprint density at radius 1 is 1.10 bits per heavy atom. The highest BCUT2D eigenvalue weighted by molar-refractivity contribution is 7.54.